The summed E-state index contributed by atoms with van der Waals surface area (Å²) in [7, 11) is 0. The van der Waals surface area contributed by atoms with Crippen molar-refractivity contribution in [2.45, 2.75) is 45.0 Å². The van der Waals surface area contributed by atoms with Gasteiger partial charge < -0.3 is 25.3 Å². The van der Waals surface area contributed by atoms with Crippen LogP contribution in [-0.2, 0) is 4.74 Å². The number of H-pyrrole nitrogens is 1. The molecule has 0 saturated carbocycles. The van der Waals surface area contributed by atoms with E-state index in [1.807, 2.05) is 0 Å². The minimum absolute atomic E-state index is 0.203. The van der Waals surface area contributed by atoms with Crippen molar-refractivity contribution in [3.05, 3.63) is 30.1 Å². The topological polar surface area (TPSA) is 107 Å². The number of nitrogens with one attached hydrogen (secondary N) is 2. The van der Waals surface area contributed by atoms with E-state index in [1.165, 1.54) is 0 Å². The van der Waals surface area contributed by atoms with Gasteiger partial charge in [0.1, 0.15) is 17.4 Å². The van der Waals surface area contributed by atoms with Crippen LogP contribution in [0.1, 0.15) is 38.9 Å². The van der Waals surface area contributed by atoms with Crippen molar-refractivity contribution in [3.8, 4) is 0 Å². The molecule has 2 unspecified atom stereocenters. The van der Waals surface area contributed by atoms with E-state index in [1.54, 1.807) is 45.3 Å². The number of aromatic amines is 1. The highest BCUT2D eigenvalue weighted by molar-refractivity contribution is 5.79. The molecular weight excluding hydrogens is 298 g/mol. The van der Waals surface area contributed by atoms with Crippen molar-refractivity contribution >= 4 is 17.1 Å². The summed E-state index contributed by atoms with van der Waals surface area (Å²) in [5, 5.41) is 23.8. The zero-order valence-electron chi connectivity index (χ0n) is 13.5. The summed E-state index contributed by atoms with van der Waals surface area (Å²) in [5.74, 6) is 0. The molecule has 2 heterocycles. The van der Waals surface area contributed by atoms with E-state index in [2.05, 4.69) is 15.3 Å². The number of aromatic nitrogens is 2. The Kier molecular flexibility index (Phi) is 5.23. The number of aliphatic hydroxyl groups excluding tert-OH is 2. The molecule has 23 heavy (non-hydrogen) atoms. The van der Waals surface area contributed by atoms with E-state index in [0.717, 1.165) is 5.39 Å². The van der Waals surface area contributed by atoms with Gasteiger partial charge in [0, 0.05) is 24.3 Å². The number of rotatable bonds is 5. The average molecular weight is 321 g/mol. The smallest absolute Gasteiger partial charge is 0.407 e. The third-order valence-corrected chi connectivity index (χ3v) is 3.29. The number of carbonyl (C=O) groups is 1. The monoisotopic (exact) mass is 321 g/mol. The molecule has 0 bridgehead atoms. The lowest BCUT2D eigenvalue weighted by atomic mass is 10.0. The van der Waals surface area contributed by atoms with Gasteiger partial charge in [0.05, 0.1) is 6.10 Å². The molecule has 0 saturated heterocycles. The van der Waals surface area contributed by atoms with Crippen LogP contribution >= 0.6 is 0 Å². The summed E-state index contributed by atoms with van der Waals surface area (Å²) >= 11 is 0. The van der Waals surface area contributed by atoms with Gasteiger partial charge in [0.15, 0.2) is 0 Å². The molecule has 0 aliphatic carbocycles. The Morgan fingerprint density at radius 1 is 1.39 bits per heavy atom. The summed E-state index contributed by atoms with van der Waals surface area (Å²) in [6.45, 7) is 5.53. The van der Waals surface area contributed by atoms with Crippen molar-refractivity contribution < 1.29 is 19.7 Å². The Morgan fingerprint density at radius 3 is 2.83 bits per heavy atom. The van der Waals surface area contributed by atoms with Crippen molar-refractivity contribution in [1.29, 1.82) is 0 Å². The summed E-state index contributed by atoms with van der Waals surface area (Å²) in [5.41, 5.74) is 0.681. The number of fused-ring (bicyclic) bond motifs is 1. The molecule has 1 amide bonds. The number of amides is 1. The number of aliphatic hydroxyl groups is 2. The number of nitrogens with zero attached hydrogens (tertiary/aromatic N) is 1. The minimum Gasteiger partial charge on any atom is -0.444 e. The molecular formula is C16H23N3O4. The quantitative estimate of drug-likeness (QED) is 0.672. The van der Waals surface area contributed by atoms with Crippen LogP contribution in [0.25, 0.3) is 11.0 Å². The third kappa shape index (κ3) is 4.67. The Hall–Kier alpha value is -2.12. The highest BCUT2D eigenvalue weighted by Gasteiger charge is 2.21. The number of hydrogen-bond donors (Lipinski definition) is 4. The molecule has 2 atom stereocenters. The maximum Gasteiger partial charge on any atom is 0.407 e. The normalized spacial score (nSPS) is 14.5. The van der Waals surface area contributed by atoms with Gasteiger partial charge in [-0.2, -0.15) is 0 Å². The molecule has 2 rings (SSSR count). The van der Waals surface area contributed by atoms with Crippen LogP contribution in [0.2, 0.25) is 0 Å². The Bertz CT molecular complexity index is 663. The average Bonchev–Trinajstić information content (AvgIpc) is 2.92. The van der Waals surface area contributed by atoms with Gasteiger partial charge in [-0.1, -0.05) is 0 Å². The predicted octanol–water partition coefficient (Wildman–Crippen LogP) is 1.87. The van der Waals surface area contributed by atoms with Gasteiger partial charge in [-0.15, -0.1) is 0 Å². The number of carbonyl (C=O) groups excluding carboxylic acids is 1. The Balaban J connectivity index is 1.89. The van der Waals surface area contributed by atoms with Crippen molar-refractivity contribution in [2.24, 2.45) is 0 Å². The van der Waals surface area contributed by atoms with Crippen LogP contribution in [-0.4, -0.2) is 44.5 Å². The molecule has 4 N–H and O–H groups in total. The van der Waals surface area contributed by atoms with Crippen molar-refractivity contribution in [2.75, 3.05) is 6.54 Å². The molecule has 0 spiro atoms. The van der Waals surface area contributed by atoms with Gasteiger partial charge in [0.25, 0.3) is 0 Å². The minimum atomic E-state index is -1.06. The van der Waals surface area contributed by atoms with E-state index in [0.29, 0.717) is 11.2 Å². The zero-order chi connectivity index (χ0) is 17.0. The molecule has 7 heteroatoms. The molecule has 0 aliphatic rings. The first-order chi connectivity index (χ1) is 10.8. The largest absolute Gasteiger partial charge is 0.444 e. The van der Waals surface area contributed by atoms with Crippen LogP contribution in [0.5, 0.6) is 0 Å². The molecule has 2 aromatic rings. The van der Waals surface area contributed by atoms with Gasteiger partial charge in [-0.3, -0.25) is 0 Å². The fourth-order valence-corrected chi connectivity index (χ4v) is 2.24. The summed E-state index contributed by atoms with van der Waals surface area (Å²) in [6.07, 6.45) is 0.889. The molecule has 2 aromatic heterocycles. The lowest BCUT2D eigenvalue weighted by Gasteiger charge is -2.21. The molecule has 7 nitrogen and oxygen atoms in total. The highest BCUT2D eigenvalue weighted by Crippen LogP contribution is 2.25. The fraction of sp³-hybridized carbons (Fsp3) is 0.500. The standard InChI is InChI=1S/C16H23N3O4/c1-16(2,3)23-15(22)19-9-6-12(20)13(21)10-4-7-17-14-11(10)5-8-18-14/h4-5,7-8,12-13,20-21H,6,9H2,1-3H3,(H,17,18)(H,19,22). The molecule has 126 valence electrons. The third-order valence-electron chi connectivity index (χ3n) is 3.29. The summed E-state index contributed by atoms with van der Waals surface area (Å²) in [6, 6.07) is 3.47. The van der Waals surface area contributed by atoms with Crippen LogP contribution in [0.4, 0.5) is 4.79 Å². The first kappa shape index (κ1) is 17.2. The highest BCUT2D eigenvalue weighted by atomic mass is 16.6. The van der Waals surface area contributed by atoms with Gasteiger partial charge in [-0.25, -0.2) is 9.78 Å². The van der Waals surface area contributed by atoms with Crippen LogP contribution < -0.4 is 5.32 Å². The lowest BCUT2D eigenvalue weighted by molar-refractivity contribution is 0.0131. The number of alkyl carbamates (subject to hydrolysis) is 1. The first-order valence-electron chi connectivity index (χ1n) is 7.53. The zero-order valence-corrected chi connectivity index (χ0v) is 13.5. The van der Waals surface area contributed by atoms with Crippen molar-refractivity contribution in [1.82, 2.24) is 15.3 Å². The number of hydrogen-bond acceptors (Lipinski definition) is 5. The van der Waals surface area contributed by atoms with Gasteiger partial charge >= 0.3 is 6.09 Å². The maximum absolute atomic E-state index is 11.5. The van der Waals surface area contributed by atoms with E-state index >= 15 is 0 Å². The second kappa shape index (κ2) is 6.97. The molecule has 0 radical (unpaired) electrons. The summed E-state index contributed by atoms with van der Waals surface area (Å²) in [4.78, 5) is 18.6. The van der Waals surface area contributed by atoms with Crippen molar-refractivity contribution in [3.63, 3.8) is 0 Å². The Labute approximate surface area is 134 Å². The lowest BCUT2D eigenvalue weighted by Crippen LogP contribution is -2.34. The second-order valence-corrected chi connectivity index (χ2v) is 6.37. The van der Waals surface area contributed by atoms with Crippen LogP contribution in [0.3, 0.4) is 0 Å². The van der Waals surface area contributed by atoms with E-state index < -0.39 is 23.9 Å². The Morgan fingerprint density at radius 2 is 2.13 bits per heavy atom. The van der Waals surface area contributed by atoms with E-state index in [4.69, 9.17) is 4.74 Å². The molecule has 0 fully saturated rings. The molecule has 0 aliphatic heterocycles. The molecule has 0 aromatic carbocycles. The number of pyridine rings is 1. The summed E-state index contributed by atoms with van der Waals surface area (Å²) < 4.78 is 5.11. The SMILES string of the molecule is CC(C)(C)OC(=O)NCCC(O)C(O)c1ccnc2[nH]ccc12. The second-order valence-electron chi connectivity index (χ2n) is 6.37. The van der Waals surface area contributed by atoms with Gasteiger partial charge in [0.2, 0.25) is 0 Å². The van der Waals surface area contributed by atoms with Crippen LogP contribution in [0.15, 0.2) is 24.5 Å². The maximum atomic E-state index is 11.5. The number of ether oxygens (including phenoxy) is 1. The predicted molar refractivity (Wildman–Crippen MR) is 85.9 cm³/mol. The van der Waals surface area contributed by atoms with Crippen LogP contribution in [0, 0.1) is 0 Å². The van der Waals surface area contributed by atoms with E-state index in [-0.39, 0.29) is 13.0 Å². The van der Waals surface area contributed by atoms with E-state index in [9.17, 15) is 15.0 Å². The fourth-order valence-electron chi connectivity index (χ4n) is 2.24. The van der Waals surface area contributed by atoms with Gasteiger partial charge in [-0.05, 0) is 44.9 Å². The first-order valence-corrected chi connectivity index (χ1v) is 7.53.